The first-order chi connectivity index (χ1) is 14.5. The van der Waals surface area contributed by atoms with Gasteiger partial charge in [0, 0.05) is 11.6 Å². The van der Waals surface area contributed by atoms with Gasteiger partial charge in [0.05, 0.1) is 4.92 Å². The third-order valence-electron chi connectivity index (χ3n) is 4.03. The molecule has 0 atom stereocenters. The Morgan fingerprint density at radius 2 is 1.90 bits per heavy atom. The van der Waals surface area contributed by atoms with Crippen LogP contribution in [0.4, 0.5) is 5.69 Å². The summed E-state index contributed by atoms with van der Waals surface area (Å²) in [5.74, 6) is -0.0359. The van der Waals surface area contributed by atoms with Gasteiger partial charge in [-0.1, -0.05) is 5.16 Å². The van der Waals surface area contributed by atoms with Crippen LogP contribution < -0.4 is 20.3 Å². The van der Waals surface area contributed by atoms with Crippen LogP contribution in [0.5, 0.6) is 11.5 Å². The largest absolute Gasteiger partial charge is 0.486 e. The number of nitro groups is 1. The minimum absolute atomic E-state index is 0.0394. The standard InChI is InChI=1S/C17H14N6O7/c24-16(10-1-2-14-15(5-10)29-4-3-28-14)19-20-17(25)13-6-12(30-21-13)9-22-8-11(7-18-22)23(26)27/h1-2,5-8H,3-4,9H2,(H,19,24)(H,20,25). The van der Waals surface area contributed by atoms with Crippen LogP contribution in [-0.2, 0) is 6.54 Å². The summed E-state index contributed by atoms with van der Waals surface area (Å²) in [4.78, 5) is 34.5. The molecule has 0 saturated carbocycles. The van der Waals surface area contributed by atoms with Crippen LogP contribution in [0.15, 0.2) is 41.2 Å². The number of amides is 2. The zero-order valence-electron chi connectivity index (χ0n) is 15.2. The average Bonchev–Trinajstić information content (AvgIpc) is 3.41. The Labute approximate surface area is 167 Å². The summed E-state index contributed by atoms with van der Waals surface area (Å²) in [6.07, 6.45) is 2.31. The summed E-state index contributed by atoms with van der Waals surface area (Å²) in [6, 6.07) is 5.98. The number of carbonyl (C=O) groups is 2. The Balaban J connectivity index is 1.34. The highest BCUT2D eigenvalue weighted by Crippen LogP contribution is 2.30. The summed E-state index contributed by atoms with van der Waals surface area (Å²) in [7, 11) is 0. The first kappa shape index (κ1) is 18.9. The van der Waals surface area contributed by atoms with Crippen molar-refractivity contribution >= 4 is 17.5 Å². The fourth-order valence-corrected chi connectivity index (χ4v) is 2.62. The van der Waals surface area contributed by atoms with Crippen molar-refractivity contribution in [2.45, 2.75) is 6.54 Å². The number of carbonyl (C=O) groups excluding carboxylic acids is 2. The molecule has 1 aromatic carbocycles. The van der Waals surface area contributed by atoms with Gasteiger partial charge in [-0.15, -0.1) is 0 Å². The smallest absolute Gasteiger partial charge is 0.307 e. The molecule has 154 valence electrons. The number of hydrogen-bond acceptors (Lipinski definition) is 9. The van der Waals surface area contributed by atoms with Gasteiger partial charge in [0.2, 0.25) is 0 Å². The van der Waals surface area contributed by atoms with Gasteiger partial charge in [0.25, 0.3) is 11.8 Å². The number of ether oxygens (including phenoxy) is 2. The van der Waals surface area contributed by atoms with Crippen LogP contribution >= 0.6 is 0 Å². The van der Waals surface area contributed by atoms with Crippen molar-refractivity contribution in [2.75, 3.05) is 13.2 Å². The van der Waals surface area contributed by atoms with Crippen molar-refractivity contribution in [1.29, 1.82) is 0 Å². The summed E-state index contributed by atoms with van der Waals surface area (Å²) >= 11 is 0. The maximum Gasteiger partial charge on any atom is 0.307 e. The molecule has 13 nitrogen and oxygen atoms in total. The van der Waals surface area contributed by atoms with E-state index in [1.54, 1.807) is 6.07 Å². The van der Waals surface area contributed by atoms with E-state index in [9.17, 15) is 19.7 Å². The molecule has 4 rings (SSSR count). The molecule has 0 fully saturated rings. The Morgan fingerprint density at radius 3 is 2.67 bits per heavy atom. The molecule has 30 heavy (non-hydrogen) atoms. The van der Waals surface area contributed by atoms with Crippen LogP contribution in [0.25, 0.3) is 0 Å². The van der Waals surface area contributed by atoms with E-state index in [4.69, 9.17) is 14.0 Å². The topological polar surface area (TPSA) is 164 Å². The molecule has 0 aliphatic carbocycles. The highest BCUT2D eigenvalue weighted by Gasteiger charge is 2.18. The van der Waals surface area contributed by atoms with E-state index in [1.807, 2.05) is 0 Å². The number of nitrogens with one attached hydrogen (secondary N) is 2. The number of hydrazine groups is 1. The number of aromatic nitrogens is 3. The van der Waals surface area contributed by atoms with Crippen LogP contribution in [0.3, 0.4) is 0 Å². The van der Waals surface area contributed by atoms with Crippen molar-refractivity contribution in [3.8, 4) is 11.5 Å². The zero-order chi connectivity index (χ0) is 21.1. The lowest BCUT2D eigenvalue weighted by Crippen LogP contribution is -2.41. The third-order valence-corrected chi connectivity index (χ3v) is 4.03. The minimum Gasteiger partial charge on any atom is -0.486 e. The van der Waals surface area contributed by atoms with Gasteiger partial charge in [0.1, 0.15) is 32.2 Å². The molecule has 0 spiro atoms. The fraction of sp³-hybridized carbons (Fsp3) is 0.176. The molecule has 1 aliphatic rings. The maximum absolute atomic E-state index is 12.2. The van der Waals surface area contributed by atoms with E-state index in [-0.39, 0.29) is 29.2 Å². The lowest BCUT2D eigenvalue weighted by molar-refractivity contribution is -0.385. The summed E-state index contributed by atoms with van der Waals surface area (Å²) in [5, 5.41) is 18.1. The van der Waals surface area contributed by atoms with Gasteiger partial charge in [-0.3, -0.25) is 35.2 Å². The van der Waals surface area contributed by atoms with E-state index in [2.05, 4.69) is 21.1 Å². The minimum atomic E-state index is -0.706. The summed E-state index contributed by atoms with van der Waals surface area (Å²) in [5.41, 5.74) is 4.50. The number of nitrogens with zero attached hydrogens (tertiary/aromatic N) is 4. The molecule has 0 unspecified atom stereocenters. The van der Waals surface area contributed by atoms with E-state index in [0.29, 0.717) is 24.7 Å². The predicted octanol–water partition coefficient (Wildman–Crippen LogP) is 0.674. The number of rotatable bonds is 5. The van der Waals surface area contributed by atoms with Gasteiger partial charge in [-0.2, -0.15) is 5.10 Å². The normalized spacial score (nSPS) is 12.3. The van der Waals surface area contributed by atoms with Crippen LogP contribution in [0.1, 0.15) is 26.6 Å². The molecule has 0 bridgehead atoms. The molecule has 1 aliphatic heterocycles. The van der Waals surface area contributed by atoms with Crippen molar-refractivity contribution in [3.63, 3.8) is 0 Å². The van der Waals surface area contributed by atoms with Gasteiger partial charge in [0.15, 0.2) is 23.0 Å². The quantitative estimate of drug-likeness (QED) is 0.451. The Kier molecular flexibility index (Phi) is 4.99. The summed E-state index contributed by atoms with van der Waals surface area (Å²) < 4.78 is 17.1. The second kappa shape index (κ2) is 7.90. The molecular formula is C17H14N6O7. The molecule has 2 amide bonds. The Morgan fingerprint density at radius 1 is 1.13 bits per heavy atom. The molecule has 0 radical (unpaired) electrons. The molecule has 13 heteroatoms. The van der Waals surface area contributed by atoms with E-state index < -0.39 is 16.7 Å². The highest BCUT2D eigenvalue weighted by molar-refractivity contribution is 5.98. The maximum atomic E-state index is 12.2. The van der Waals surface area contributed by atoms with Crippen molar-refractivity contribution in [1.82, 2.24) is 25.8 Å². The van der Waals surface area contributed by atoms with Crippen molar-refractivity contribution < 1.29 is 28.5 Å². The van der Waals surface area contributed by atoms with Crippen molar-refractivity contribution in [2.24, 2.45) is 0 Å². The Hall–Kier alpha value is -4.42. The monoisotopic (exact) mass is 414 g/mol. The predicted molar refractivity (Wildman–Crippen MR) is 96.9 cm³/mol. The first-order valence-electron chi connectivity index (χ1n) is 8.62. The van der Waals surface area contributed by atoms with Gasteiger partial charge < -0.3 is 14.0 Å². The van der Waals surface area contributed by atoms with Crippen LogP contribution in [0, 0.1) is 10.1 Å². The number of benzene rings is 1. The molecule has 0 saturated heterocycles. The SMILES string of the molecule is O=C(NNC(=O)c1cc(Cn2cc([N+](=O)[O-])cn2)on1)c1ccc2c(c1)OCCO2. The van der Waals surface area contributed by atoms with Gasteiger partial charge in [-0.05, 0) is 18.2 Å². The second-order valence-electron chi connectivity index (χ2n) is 6.10. The van der Waals surface area contributed by atoms with Gasteiger partial charge in [-0.25, -0.2) is 0 Å². The van der Waals surface area contributed by atoms with Crippen LogP contribution in [-0.4, -0.2) is 44.9 Å². The van der Waals surface area contributed by atoms with Crippen LogP contribution in [0.2, 0.25) is 0 Å². The number of fused-ring (bicyclic) bond motifs is 1. The van der Waals surface area contributed by atoms with E-state index >= 15 is 0 Å². The average molecular weight is 414 g/mol. The lowest BCUT2D eigenvalue weighted by atomic mass is 10.2. The third kappa shape index (κ3) is 4.04. The molecular weight excluding hydrogens is 400 g/mol. The molecule has 2 aromatic heterocycles. The van der Waals surface area contributed by atoms with Crippen molar-refractivity contribution in [3.05, 3.63) is 63.8 Å². The number of hydrogen-bond donors (Lipinski definition) is 2. The second-order valence-corrected chi connectivity index (χ2v) is 6.10. The van der Waals surface area contributed by atoms with E-state index in [1.165, 1.54) is 29.1 Å². The Bertz CT molecular complexity index is 1120. The lowest BCUT2D eigenvalue weighted by Gasteiger charge is -2.18. The molecule has 2 N–H and O–H groups in total. The molecule has 3 aromatic rings. The summed E-state index contributed by atoms with van der Waals surface area (Å²) in [6.45, 7) is 0.860. The molecule has 3 heterocycles. The van der Waals surface area contributed by atoms with Gasteiger partial charge >= 0.3 is 5.69 Å². The zero-order valence-corrected chi connectivity index (χ0v) is 15.2. The fourth-order valence-electron chi connectivity index (χ4n) is 2.62. The highest BCUT2D eigenvalue weighted by atomic mass is 16.6. The first-order valence-corrected chi connectivity index (χ1v) is 8.62. The van der Waals surface area contributed by atoms with E-state index in [0.717, 1.165) is 6.20 Å².